The van der Waals surface area contributed by atoms with Gasteiger partial charge in [0.05, 0.1) is 11.9 Å². The largest absolute Gasteiger partial charge is 0.506 e. The number of ether oxygens (including phenoxy) is 1. The number of aromatic nitrogens is 2. The van der Waals surface area contributed by atoms with E-state index >= 15 is 0 Å². The first-order chi connectivity index (χ1) is 14.7. The Kier molecular flexibility index (Phi) is 6.71. The van der Waals surface area contributed by atoms with Crippen molar-refractivity contribution in [1.29, 1.82) is 0 Å². The number of rotatable bonds is 7. The number of aromatic hydroxyl groups is 1. The summed E-state index contributed by atoms with van der Waals surface area (Å²) in [6.07, 6.45) is 1.10. The molecular formula is C21H23F2N5O3. The van der Waals surface area contributed by atoms with Crippen molar-refractivity contribution >= 4 is 17.4 Å². The second-order valence-electron chi connectivity index (χ2n) is 7.07. The molecule has 0 bridgehead atoms. The van der Waals surface area contributed by atoms with Crippen LogP contribution in [0.15, 0.2) is 42.6 Å². The fourth-order valence-corrected chi connectivity index (χ4v) is 2.87. The Balaban J connectivity index is 1.84. The van der Waals surface area contributed by atoms with Crippen LogP contribution in [0.5, 0.6) is 11.5 Å². The number of aryl methyl sites for hydroxylation is 1. The third-order valence-corrected chi connectivity index (χ3v) is 4.39. The highest BCUT2D eigenvalue weighted by Crippen LogP contribution is 2.34. The normalized spacial score (nSPS) is 10.9. The van der Waals surface area contributed by atoms with Gasteiger partial charge < -0.3 is 25.4 Å². The molecule has 10 heteroatoms. The number of hydrogen-bond acceptors (Lipinski definition) is 5. The third kappa shape index (κ3) is 5.48. The average molecular weight is 431 g/mol. The van der Waals surface area contributed by atoms with Crippen LogP contribution in [0.1, 0.15) is 0 Å². The van der Waals surface area contributed by atoms with Crippen LogP contribution in [-0.2, 0) is 7.05 Å². The number of benzene rings is 2. The van der Waals surface area contributed by atoms with Crippen LogP contribution < -0.4 is 15.4 Å². The van der Waals surface area contributed by atoms with Crippen molar-refractivity contribution < 1.29 is 23.4 Å². The van der Waals surface area contributed by atoms with Gasteiger partial charge in [0.1, 0.15) is 29.6 Å². The fraction of sp³-hybridized carbons (Fsp3) is 0.238. The minimum atomic E-state index is -0.667. The second kappa shape index (κ2) is 9.43. The number of halogens is 2. The number of nitrogens with one attached hydrogen (secondary N) is 2. The molecule has 0 aliphatic heterocycles. The highest BCUT2D eigenvalue weighted by atomic mass is 19.1. The lowest BCUT2D eigenvalue weighted by atomic mass is 10.1. The maximum Gasteiger partial charge on any atom is 0.323 e. The second-order valence-corrected chi connectivity index (χ2v) is 7.07. The van der Waals surface area contributed by atoms with E-state index in [0.717, 1.165) is 18.3 Å². The van der Waals surface area contributed by atoms with Gasteiger partial charge in [-0.1, -0.05) is 0 Å². The zero-order valence-electron chi connectivity index (χ0n) is 17.3. The Hall–Kier alpha value is -3.66. The number of phenolic OH excluding ortho intramolecular Hbond substituents is 1. The average Bonchev–Trinajstić information content (AvgIpc) is 3.03. The van der Waals surface area contributed by atoms with E-state index in [1.165, 1.54) is 10.7 Å². The van der Waals surface area contributed by atoms with Crippen LogP contribution in [0.25, 0.3) is 11.3 Å². The van der Waals surface area contributed by atoms with Gasteiger partial charge >= 0.3 is 6.03 Å². The summed E-state index contributed by atoms with van der Waals surface area (Å²) in [6.45, 7) is 1.05. The van der Waals surface area contributed by atoms with Crippen molar-refractivity contribution in [3.8, 4) is 22.8 Å². The molecule has 0 spiro atoms. The maximum absolute atomic E-state index is 14.4. The Labute approximate surface area is 178 Å². The number of amides is 2. The molecule has 0 aliphatic carbocycles. The number of carbonyl (C=O) groups excluding carboxylic acids is 1. The van der Waals surface area contributed by atoms with Gasteiger partial charge in [-0.2, -0.15) is 5.10 Å². The van der Waals surface area contributed by atoms with E-state index in [9.17, 15) is 18.7 Å². The molecule has 0 saturated carbocycles. The fourth-order valence-electron chi connectivity index (χ4n) is 2.87. The molecule has 3 aromatic rings. The molecule has 1 heterocycles. The van der Waals surface area contributed by atoms with Gasteiger partial charge in [-0.05, 0) is 44.4 Å². The highest BCUT2D eigenvalue weighted by Gasteiger charge is 2.18. The minimum Gasteiger partial charge on any atom is -0.506 e. The predicted molar refractivity (Wildman–Crippen MR) is 113 cm³/mol. The smallest absolute Gasteiger partial charge is 0.323 e. The zero-order chi connectivity index (χ0) is 22.5. The summed E-state index contributed by atoms with van der Waals surface area (Å²) in [7, 11) is 5.43. The molecule has 8 nitrogen and oxygen atoms in total. The zero-order valence-corrected chi connectivity index (χ0v) is 17.3. The predicted octanol–water partition coefficient (Wildman–Crippen LogP) is 3.66. The van der Waals surface area contributed by atoms with Crippen LogP contribution in [0.2, 0.25) is 0 Å². The van der Waals surface area contributed by atoms with E-state index < -0.39 is 23.4 Å². The molecule has 0 unspecified atom stereocenters. The van der Waals surface area contributed by atoms with Crippen LogP contribution in [0.4, 0.5) is 25.0 Å². The Bertz CT molecular complexity index is 1070. The number of urea groups is 1. The molecule has 0 atom stereocenters. The highest BCUT2D eigenvalue weighted by molar-refractivity contribution is 6.01. The molecular weight excluding hydrogens is 408 g/mol. The van der Waals surface area contributed by atoms with Crippen molar-refractivity contribution in [1.82, 2.24) is 14.7 Å². The minimum absolute atomic E-state index is 0.0421. The van der Waals surface area contributed by atoms with Crippen molar-refractivity contribution in [2.75, 3.05) is 37.9 Å². The van der Waals surface area contributed by atoms with Crippen molar-refractivity contribution in [2.24, 2.45) is 7.05 Å². The number of anilines is 2. The van der Waals surface area contributed by atoms with Gasteiger partial charge in [0.2, 0.25) is 0 Å². The molecule has 1 aromatic heterocycles. The summed E-state index contributed by atoms with van der Waals surface area (Å²) in [6, 6.07) is 7.36. The summed E-state index contributed by atoms with van der Waals surface area (Å²) in [5.41, 5.74) is 1.02. The SMILES string of the molecule is CN(C)CCOc1ccc(NC(=O)Nc2ccc(F)cc2O)cc1-c1c(F)cnn1C. The number of hydrogen-bond donors (Lipinski definition) is 3. The van der Waals surface area contributed by atoms with Crippen LogP contribution >= 0.6 is 0 Å². The van der Waals surface area contributed by atoms with Crippen molar-refractivity contribution in [2.45, 2.75) is 0 Å². The van der Waals surface area contributed by atoms with Crippen LogP contribution in [0, 0.1) is 11.6 Å². The van der Waals surface area contributed by atoms with E-state index in [-0.39, 0.29) is 11.4 Å². The Morgan fingerprint density at radius 2 is 1.97 bits per heavy atom. The van der Waals surface area contributed by atoms with Crippen molar-refractivity contribution in [3.63, 3.8) is 0 Å². The molecule has 0 radical (unpaired) electrons. The van der Waals surface area contributed by atoms with Gasteiger partial charge in [-0.25, -0.2) is 13.6 Å². The number of phenols is 1. The van der Waals surface area contributed by atoms with Gasteiger partial charge in [0, 0.05) is 30.9 Å². The number of nitrogens with zero attached hydrogens (tertiary/aromatic N) is 3. The lowest BCUT2D eigenvalue weighted by Gasteiger charge is -2.16. The lowest BCUT2D eigenvalue weighted by molar-refractivity contribution is 0.261. The molecule has 2 aromatic carbocycles. The van der Waals surface area contributed by atoms with Crippen molar-refractivity contribution in [3.05, 3.63) is 54.2 Å². The molecule has 3 N–H and O–H groups in total. The monoisotopic (exact) mass is 431 g/mol. The third-order valence-electron chi connectivity index (χ3n) is 4.39. The first-order valence-corrected chi connectivity index (χ1v) is 9.40. The molecule has 0 aliphatic rings. The topological polar surface area (TPSA) is 91.7 Å². The summed E-state index contributed by atoms with van der Waals surface area (Å²) in [5.74, 6) is -1.13. The van der Waals surface area contributed by atoms with E-state index in [4.69, 9.17) is 4.74 Å². The number of likely N-dealkylation sites (N-methyl/N-ethyl adjacent to an activating group) is 1. The van der Waals surface area contributed by atoms with Gasteiger partial charge in [0.25, 0.3) is 0 Å². The Morgan fingerprint density at radius 1 is 1.19 bits per heavy atom. The van der Waals surface area contributed by atoms with Gasteiger partial charge in [-0.3, -0.25) is 4.68 Å². The summed E-state index contributed by atoms with van der Waals surface area (Å²) in [4.78, 5) is 14.3. The van der Waals surface area contributed by atoms with E-state index in [0.29, 0.717) is 30.2 Å². The first-order valence-electron chi connectivity index (χ1n) is 9.40. The van der Waals surface area contributed by atoms with E-state index in [1.807, 2.05) is 19.0 Å². The standard InChI is InChI=1S/C21H23F2N5O3/c1-27(2)8-9-31-19-7-5-14(11-15(19)20-16(23)12-24-28(20)3)25-21(30)26-17-6-4-13(22)10-18(17)29/h4-7,10-12,29H,8-9H2,1-3H3,(H2,25,26,30). The first kappa shape index (κ1) is 22.0. The quantitative estimate of drug-likeness (QED) is 0.497. The van der Waals surface area contributed by atoms with E-state index in [1.54, 1.807) is 25.2 Å². The summed E-state index contributed by atoms with van der Waals surface area (Å²) >= 11 is 0. The molecule has 2 amide bonds. The molecule has 31 heavy (non-hydrogen) atoms. The van der Waals surface area contributed by atoms with Crippen LogP contribution in [0.3, 0.4) is 0 Å². The van der Waals surface area contributed by atoms with Gasteiger partial charge in [0.15, 0.2) is 5.82 Å². The van der Waals surface area contributed by atoms with E-state index in [2.05, 4.69) is 15.7 Å². The molecule has 0 saturated heterocycles. The lowest BCUT2D eigenvalue weighted by Crippen LogP contribution is -2.20. The molecule has 0 fully saturated rings. The van der Waals surface area contributed by atoms with Gasteiger partial charge in [-0.15, -0.1) is 0 Å². The number of carbonyl (C=O) groups is 1. The van der Waals surface area contributed by atoms with Crippen LogP contribution in [-0.4, -0.2) is 53.1 Å². The summed E-state index contributed by atoms with van der Waals surface area (Å²) < 4.78 is 34.7. The molecule has 3 rings (SSSR count). The Morgan fingerprint density at radius 3 is 2.61 bits per heavy atom. The molecule has 164 valence electrons. The maximum atomic E-state index is 14.4. The summed E-state index contributed by atoms with van der Waals surface area (Å²) in [5, 5.41) is 18.7.